The second-order valence-corrected chi connectivity index (χ2v) is 4.50. The zero-order valence-electron chi connectivity index (χ0n) is 11.0. The summed E-state index contributed by atoms with van der Waals surface area (Å²) in [5, 5.41) is 8.39. The van der Waals surface area contributed by atoms with Gasteiger partial charge in [0.15, 0.2) is 5.65 Å². The predicted molar refractivity (Wildman–Crippen MR) is 75.2 cm³/mol. The van der Waals surface area contributed by atoms with Crippen molar-refractivity contribution in [3.05, 3.63) is 47.9 Å². The Morgan fingerprint density at radius 3 is 2.68 bits per heavy atom. The third kappa shape index (κ3) is 2.14. The summed E-state index contributed by atoms with van der Waals surface area (Å²) in [5.41, 5.74) is 3.31. The van der Waals surface area contributed by atoms with Gasteiger partial charge in [-0.3, -0.25) is 0 Å². The third-order valence-electron chi connectivity index (χ3n) is 3.12. The summed E-state index contributed by atoms with van der Waals surface area (Å²) >= 11 is 0. The molecule has 0 bridgehead atoms. The van der Waals surface area contributed by atoms with Gasteiger partial charge in [-0.05, 0) is 12.5 Å². The van der Waals surface area contributed by atoms with E-state index in [0.717, 1.165) is 16.9 Å². The van der Waals surface area contributed by atoms with Crippen LogP contribution in [0.25, 0.3) is 11.0 Å². The monoisotopic (exact) mass is 253 g/mol. The molecule has 5 heteroatoms. The molecule has 0 aliphatic heterocycles. The van der Waals surface area contributed by atoms with Crippen LogP contribution in [0.2, 0.25) is 0 Å². The highest BCUT2D eigenvalue weighted by Gasteiger charge is 2.08. The minimum atomic E-state index is 0.712. The molecule has 1 N–H and O–H groups in total. The fourth-order valence-corrected chi connectivity index (χ4v) is 2.07. The van der Waals surface area contributed by atoms with Crippen LogP contribution in [0.5, 0.6) is 0 Å². The molecule has 3 aromatic rings. The number of benzene rings is 1. The smallest absolute Gasteiger partial charge is 0.163 e. The van der Waals surface area contributed by atoms with Crippen LogP contribution in [-0.2, 0) is 6.54 Å². The third-order valence-corrected chi connectivity index (χ3v) is 3.12. The maximum absolute atomic E-state index is 4.40. The Morgan fingerprint density at radius 1 is 1.16 bits per heavy atom. The summed E-state index contributed by atoms with van der Waals surface area (Å²) in [6, 6.07) is 8.44. The number of aromatic nitrogens is 4. The van der Waals surface area contributed by atoms with E-state index < -0.39 is 0 Å². The van der Waals surface area contributed by atoms with Crippen molar-refractivity contribution in [2.75, 3.05) is 12.4 Å². The van der Waals surface area contributed by atoms with E-state index in [1.54, 1.807) is 12.5 Å². The Balaban J connectivity index is 1.99. The summed E-state index contributed by atoms with van der Waals surface area (Å²) in [5.74, 6) is 0.806. The lowest BCUT2D eigenvalue weighted by atomic mass is 10.1. The maximum Gasteiger partial charge on any atom is 0.163 e. The number of hydrogen-bond acceptors (Lipinski definition) is 4. The van der Waals surface area contributed by atoms with E-state index in [2.05, 4.69) is 51.6 Å². The average molecular weight is 253 g/mol. The summed E-state index contributed by atoms with van der Waals surface area (Å²) in [7, 11) is 1.85. The van der Waals surface area contributed by atoms with E-state index in [9.17, 15) is 0 Å². The topological polar surface area (TPSA) is 55.6 Å². The first-order valence-electron chi connectivity index (χ1n) is 6.18. The molecule has 0 spiro atoms. The highest BCUT2D eigenvalue weighted by atomic mass is 15.3. The number of nitrogens with one attached hydrogen (secondary N) is 1. The largest absolute Gasteiger partial charge is 0.372 e. The fraction of sp³-hybridized carbons (Fsp3) is 0.214. The van der Waals surface area contributed by atoms with E-state index in [0.29, 0.717) is 6.54 Å². The Morgan fingerprint density at radius 2 is 1.95 bits per heavy atom. The van der Waals surface area contributed by atoms with E-state index in [-0.39, 0.29) is 0 Å². The van der Waals surface area contributed by atoms with Crippen molar-refractivity contribution < 1.29 is 0 Å². The molecule has 0 fully saturated rings. The first-order chi connectivity index (χ1) is 9.28. The summed E-state index contributed by atoms with van der Waals surface area (Å²) < 4.78 is 1.89. The van der Waals surface area contributed by atoms with Crippen molar-refractivity contribution in [1.82, 2.24) is 19.7 Å². The number of rotatable bonds is 3. The highest BCUT2D eigenvalue weighted by molar-refractivity contribution is 5.85. The van der Waals surface area contributed by atoms with Gasteiger partial charge in [0, 0.05) is 7.05 Å². The van der Waals surface area contributed by atoms with Crippen LogP contribution in [0.3, 0.4) is 0 Å². The van der Waals surface area contributed by atoms with Crippen LogP contribution in [0, 0.1) is 6.92 Å². The predicted octanol–water partition coefficient (Wildman–Crippen LogP) is 2.22. The Hall–Kier alpha value is -2.43. The van der Waals surface area contributed by atoms with Gasteiger partial charge < -0.3 is 5.32 Å². The molecule has 0 aliphatic rings. The first kappa shape index (κ1) is 11.6. The first-order valence-corrected chi connectivity index (χ1v) is 6.18. The molecule has 5 nitrogen and oxygen atoms in total. The van der Waals surface area contributed by atoms with Crippen LogP contribution >= 0.6 is 0 Å². The molecule has 3 rings (SSSR count). The van der Waals surface area contributed by atoms with E-state index >= 15 is 0 Å². The number of fused-ring (bicyclic) bond motifs is 1. The van der Waals surface area contributed by atoms with Crippen LogP contribution < -0.4 is 5.32 Å². The van der Waals surface area contributed by atoms with Crippen LogP contribution in [0.15, 0.2) is 36.8 Å². The molecule has 0 radical (unpaired) electrons. The Bertz CT molecular complexity index is 699. The second-order valence-electron chi connectivity index (χ2n) is 4.50. The molecule has 0 atom stereocenters. The standard InChI is InChI=1S/C14H15N5/c1-10-3-5-11(6-4-10)8-19-14-12(7-18-19)13(15-2)16-9-17-14/h3-7,9H,8H2,1-2H3,(H,15,16,17). The van der Waals surface area contributed by atoms with Gasteiger partial charge in [0.2, 0.25) is 0 Å². The number of hydrogen-bond donors (Lipinski definition) is 1. The van der Waals surface area contributed by atoms with Crippen molar-refractivity contribution in [2.24, 2.45) is 0 Å². The number of nitrogens with zero attached hydrogens (tertiary/aromatic N) is 4. The molecule has 96 valence electrons. The minimum absolute atomic E-state index is 0.712. The molecule has 0 saturated carbocycles. The van der Waals surface area contributed by atoms with E-state index in [1.807, 2.05) is 11.7 Å². The van der Waals surface area contributed by atoms with E-state index in [4.69, 9.17) is 0 Å². The normalized spacial score (nSPS) is 10.8. The average Bonchev–Trinajstić information content (AvgIpc) is 2.84. The van der Waals surface area contributed by atoms with Crippen molar-refractivity contribution in [3.8, 4) is 0 Å². The Kier molecular flexibility index (Phi) is 2.87. The van der Waals surface area contributed by atoms with Crippen LogP contribution in [0.4, 0.5) is 5.82 Å². The SMILES string of the molecule is CNc1ncnc2c1cnn2Cc1ccc(C)cc1. The molecular weight excluding hydrogens is 238 g/mol. The Labute approximate surface area is 111 Å². The molecule has 2 aromatic heterocycles. The highest BCUT2D eigenvalue weighted by Crippen LogP contribution is 2.18. The molecular formula is C14H15N5. The lowest BCUT2D eigenvalue weighted by molar-refractivity contribution is 0.703. The number of anilines is 1. The van der Waals surface area contributed by atoms with Crippen molar-refractivity contribution in [1.29, 1.82) is 0 Å². The molecule has 0 saturated heterocycles. The van der Waals surface area contributed by atoms with Crippen molar-refractivity contribution >= 4 is 16.9 Å². The van der Waals surface area contributed by atoms with Gasteiger partial charge in [-0.1, -0.05) is 29.8 Å². The van der Waals surface area contributed by atoms with Gasteiger partial charge in [0.25, 0.3) is 0 Å². The van der Waals surface area contributed by atoms with Gasteiger partial charge in [-0.15, -0.1) is 0 Å². The van der Waals surface area contributed by atoms with Crippen LogP contribution in [-0.4, -0.2) is 26.8 Å². The molecule has 0 unspecified atom stereocenters. The maximum atomic E-state index is 4.40. The molecule has 1 aromatic carbocycles. The summed E-state index contributed by atoms with van der Waals surface area (Å²) in [6.45, 7) is 2.80. The van der Waals surface area contributed by atoms with Crippen LogP contribution in [0.1, 0.15) is 11.1 Å². The van der Waals surface area contributed by atoms with Crippen molar-refractivity contribution in [3.63, 3.8) is 0 Å². The fourth-order valence-electron chi connectivity index (χ4n) is 2.07. The van der Waals surface area contributed by atoms with Crippen molar-refractivity contribution in [2.45, 2.75) is 13.5 Å². The summed E-state index contributed by atoms with van der Waals surface area (Å²) in [4.78, 5) is 8.49. The lowest BCUT2D eigenvalue weighted by Gasteiger charge is -2.04. The van der Waals surface area contributed by atoms with Gasteiger partial charge in [-0.2, -0.15) is 5.10 Å². The van der Waals surface area contributed by atoms with Gasteiger partial charge >= 0.3 is 0 Å². The second kappa shape index (κ2) is 4.68. The lowest BCUT2D eigenvalue weighted by Crippen LogP contribution is -2.03. The van der Waals surface area contributed by atoms with Gasteiger partial charge in [0.1, 0.15) is 12.1 Å². The molecule has 0 amide bonds. The zero-order valence-corrected chi connectivity index (χ0v) is 11.0. The quantitative estimate of drug-likeness (QED) is 0.777. The zero-order chi connectivity index (χ0) is 13.2. The molecule has 19 heavy (non-hydrogen) atoms. The molecule has 2 heterocycles. The number of aryl methyl sites for hydroxylation is 1. The molecule has 0 aliphatic carbocycles. The van der Waals surface area contributed by atoms with Gasteiger partial charge in [0.05, 0.1) is 18.1 Å². The van der Waals surface area contributed by atoms with E-state index in [1.165, 1.54) is 11.1 Å². The summed E-state index contributed by atoms with van der Waals surface area (Å²) in [6.07, 6.45) is 3.36. The minimum Gasteiger partial charge on any atom is -0.372 e. The van der Waals surface area contributed by atoms with Gasteiger partial charge in [-0.25, -0.2) is 14.6 Å².